The number of benzene rings is 2. The average molecular weight is 271 g/mol. The molecule has 2 aromatic carbocycles. The smallest absolute Gasteiger partial charge is 0.128 e. The molecule has 0 radical (unpaired) electrons. The van der Waals surface area contributed by atoms with Gasteiger partial charge in [0.1, 0.15) is 5.82 Å². The van der Waals surface area contributed by atoms with Crippen molar-refractivity contribution in [1.29, 1.82) is 0 Å². The fraction of sp³-hybridized carbons (Fsp3) is 0.333. The largest absolute Gasteiger partial charge is 0.384 e. The van der Waals surface area contributed by atoms with Crippen LogP contribution in [-0.4, -0.2) is 6.54 Å². The van der Waals surface area contributed by atoms with Crippen LogP contribution in [0.2, 0.25) is 0 Å². The molecule has 1 N–H and O–H groups in total. The summed E-state index contributed by atoms with van der Waals surface area (Å²) in [5, 5.41) is 3.39. The Balaban J connectivity index is 2.12. The van der Waals surface area contributed by atoms with Crippen LogP contribution in [0.5, 0.6) is 0 Å². The minimum absolute atomic E-state index is 0.157. The van der Waals surface area contributed by atoms with Crippen molar-refractivity contribution < 1.29 is 4.39 Å². The summed E-state index contributed by atoms with van der Waals surface area (Å²) in [4.78, 5) is 0. The Hall–Kier alpha value is -1.83. The number of halogens is 1. The second-order valence-electron chi connectivity index (χ2n) is 5.55. The van der Waals surface area contributed by atoms with Crippen molar-refractivity contribution in [2.45, 2.75) is 26.7 Å². The van der Waals surface area contributed by atoms with Gasteiger partial charge in [-0.1, -0.05) is 50.2 Å². The first-order valence-corrected chi connectivity index (χ1v) is 7.13. The van der Waals surface area contributed by atoms with Crippen LogP contribution < -0.4 is 5.32 Å². The minimum Gasteiger partial charge on any atom is -0.384 e. The van der Waals surface area contributed by atoms with Crippen molar-refractivity contribution in [2.24, 2.45) is 5.92 Å². The van der Waals surface area contributed by atoms with E-state index in [1.165, 1.54) is 11.6 Å². The van der Waals surface area contributed by atoms with Gasteiger partial charge in [0.25, 0.3) is 0 Å². The van der Waals surface area contributed by atoms with Crippen molar-refractivity contribution in [1.82, 2.24) is 0 Å². The molecular formula is C18H22FN. The van der Waals surface area contributed by atoms with E-state index in [2.05, 4.69) is 43.4 Å². The van der Waals surface area contributed by atoms with Gasteiger partial charge in [-0.05, 0) is 30.5 Å². The Morgan fingerprint density at radius 2 is 1.70 bits per heavy atom. The molecule has 0 aliphatic rings. The number of hydrogen-bond donors (Lipinski definition) is 1. The quantitative estimate of drug-likeness (QED) is 0.808. The predicted molar refractivity (Wildman–Crippen MR) is 83.6 cm³/mol. The highest BCUT2D eigenvalue weighted by molar-refractivity contribution is 5.51. The van der Waals surface area contributed by atoms with E-state index in [-0.39, 0.29) is 5.82 Å². The first-order chi connectivity index (χ1) is 9.59. The van der Waals surface area contributed by atoms with E-state index in [0.717, 1.165) is 12.2 Å². The Labute approximate surface area is 120 Å². The first kappa shape index (κ1) is 14.6. The lowest BCUT2D eigenvalue weighted by molar-refractivity contribution is 0.516. The molecule has 2 rings (SSSR count). The van der Waals surface area contributed by atoms with Crippen molar-refractivity contribution in [2.75, 3.05) is 11.9 Å². The molecular weight excluding hydrogens is 249 g/mol. The van der Waals surface area contributed by atoms with Crippen molar-refractivity contribution in [3.63, 3.8) is 0 Å². The molecule has 20 heavy (non-hydrogen) atoms. The molecule has 1 unspecified atom stereocenters. The van der Waals surface area contributed by atoms with E-state index in [9.17, 15) is 4.39 Å². The summed E-state index contributed by atoms with van der Waals surface area (Å²) in [6, 6.07) is 15.7. The van der Waals surface area contributed by atoms with Crippen LogP contribution in [-0.2, 0) is 0 Å². The van der Waals surface area contributed by atoms with Crippen molar-refractivity contribution >= 4 is 5.69 Å². The third-order valence-electron chi connectivity index (χ3n) is 3.81. The Morgan fingerprint density at radius 3 is 2.35 bits per heavy atom. The molecule has 0 fully saturated rings. The molecule has 0 saturated carbocycles. The standard InChI is InChI=1S/C18H22FN/c1-13(2)16(15-8-5-4-6-9-15)12-20-18-11-7-10-17(19)14(18)3/h4-11,13,16,20H,12H2,1-3H3. The van der Waals surface area contributed by atoms with Gasteiger partial charge in [-0.3, -0.25) is 0 Å². The van der Waals surface area contributed by atoms with Gasteiger partial charge in [0.2, 0.25) is 0 Å². The van der Waals surface area contributed by atoms with Crippen molar-refractivity contribution in [3.05, 3.63) is 65.5 Å². The molecule has 0 spiro atoms. The Morgan fingerprint density at radius 1 is 1.00 bits per heavy atom. The molecule has 0 aliphatic heterocycles. The fourth-order valence-corrected chi connectivity index (χ4v) is 2.46. The highest BCUT2D eigenvalue weighted by atomic mass is 19.1. The monoisotopic (exact) mass is 271 g/mol. The summed E-state index contributed by atoms with van der Waals surface area (Å²) in [6.45, 7) is 7.06. The van der Waals surface area contributed by atoms with Gasteiger partial charge in [0, 0.05) is 23.7 Å². The lowest BCUT2D eigenvalue weighted by Crippen LogP contribution is -2.18. The third-order valence-corrected chi connectivity index (χ3v) is 3.81. The van der Waals surface area contributed by atoms with Crippen LogP contribution in [0, 0.1) is 18.7 Å². The van der Waals surface area contributed by atoms with Crippen LogP contribution in [0.25, 0.3) is 0 Å². The molecule has 0 heterocycles. The maximum atomic E-state index is 13.5. The highest BCUT2D eigenvalue weighted by Gasteiger charge is 2.15. The number of rotatable bonds is 5. The molecule has 106 valence electrons. The normalized spacial score (nSPS) is 12.4. The maximum Gasteiger partial charge on any atom is 0.128 e. The van der Waals surface area contributed by atoms with Gasteiger partial charge in [-0.15, -0.1) is 0 Å². The van der Waals surface area contributed by atoms with Gasteiger partial charge >= 0.3 is 0 Å². The van der Waals surface area contributed by atoms with Crippen LogP contribution in [0.1, 0.15) is 30.9 Å². The molecule has 2 aromatic rings. The summed E-state index contributed by atoms with van der Waals surface area (Å²) in [7, 11) is 0. The number of hydrogen-bond acceptors (Lipinski definition) is 1. The molecule has 0 aromatic heterocycles. The van der Waals surface area contributed by atoms with Crippen LogP contribution >= 0.6 is 0 Å². The SMILES string of the molecule is Cc1c(F)cccc1NCC(c1ccccc1)C(C)C. The molecule has 2 heteroatoms. The van der Waals surface area contributed by atoms with E-state index >= 15 is 0 Å². The summed E-state index contributed by atoms with van der Waals surface area (Å²) >= 11 is 0. The van der Waals surface area contributed by atoms with Gasteiger partial charge in [0.05, 0.1) is 0 Å². The maximum absolute atomic E-state index is 13.5. The number of anilines is 1. The van der Waals surface area contributed by atoms with Gasteiger partial charge in [0.15, 0.2) is 0 Å². The molecule has 0 amide bonds. The van der Waals surface area contributed by atoms with Crippen LogP contribution in [0.4, 0.5) is 10.1 Å². The third kappa shape index (κ3) is 3.38. The van der Waals surface area contributed by atoms with Crippen LogP contribution in [0.3, 0.4) is 0 Å². The second-order valence-corrected chi connectivity index (χ2v) is 5.55. The van der Waals surface area contributed by atoms with E-state index in [0.29, 0.717) is 17.4 Å². The zero-order chi connectivity index (χ0) is 14.5. The lowest BCUT2D eigenvalue weighted by atomic mass is 9.88. The van der Waals surface area contributed by atoms with Crippen LogP contribution in [0.15, 0.2) is 48.5 Å². The van der Waals surface area contributed by atoms with Gasteiger partial charge in [-0.2, -0.15) is 0 Å². The topological polar surface area (TPSA) is 12.0 Å². The Bertz CT molecular complexity index is 549. The summed E-state index contributed by atoms with van der Waals surface area (Å²) in [6.07, 6.45) is 0. The lowest BCUT2D eigenvalue weighted by Gasteiger charge is -2.23. The summed E-state index contributed by atoms with van der Waals surface area (Å²) in [5.41, 5.74) is 2.89. The molecule has 0 bridgehead atoms. The van der Waals surface area contributed by atoms with E-state index in [4.69, 9.17) is 0 Å². The number of nitrogens with one attached hydrogen (secondary N) is 1. The molecule has 1 nitrogen and oxygen atoms in total. The highest BCUT2D eigenvalue weighted by Crippen LogP contribution is 2.26. The van der Waals surface area contributed by atoms with Gasteiger partial charge in [-0.25, -0.2) is 4.39 Å². The van der Waals surface area contributed by atoms with E-state index < -0.39 is 0 Å². The zero-order valence-corrected chi connectivity index (χ0v) is 12.4. The molecule has 0 aliphatic carbocycles. The molecule has 0 saturated heterocycles. The second kappa shape index (κ2) is 6.56. The zero-order valence-electron chi connectivity index (χ0n) is 12.4. The Kier molecular flexibility index (Phi) is 4.78. The van der Waals surface area contributed by atoms with E-state index in [1.807, 2.05) is 19.1 Å². The summed E-state index contributed by atoms with van der Waals surface area (Å²) in [5.74, 6) is 0.786. The average Bonchev–Trinajstić information content (AvgIpc) is 2.44. The minimum atomic E-state index is -0.157. The molecule has 1 atom stereocenters. The van der Waals surface area contributed by atoms with Crippen molar-refractivity contribution in [3.8, 4) is 0 Å². The first-order valence-electron chi connectivity index (χ1n) is 7.13. The van der Waals surface area contributed by atoms with E-state index in [1.54, 1.807) is 6.07 Å². The van der Waals surface area contributed by atoms with Gasteiger partial charge < -0.3 is 5.32 Å². The summed E-state index contributed by atoms with van der Waals surface area (Å²) < 4.78 is 13.5. The predicted octanol–water partition coefficient (Wildman–Crippen LogP) is 4.99. The fourth-order valence-electron chi connectivity index (χ4n) is 2.46.